The van der Waals surface area contributed by atoms with Gasteiger partial charge < -0.3 is 29.9 Å². The predicted octanol–water partition coefficient (Wildman–Crippen LogP) is 11.8. The number of anilines is 1. The number of aromatic hydroxyl groups is 2. The summed E-state index contributed by atoms with van der Waals surface area (Å²) < 4.78 is 11.4. The Hall–Kier alpha value is -5.39. The second-order valence-corrected chi connectivity index (χ2v) is 23.2. The van der Waals surface area contributed by atoms with Crippen molar-refractivity contribution in [1.82, 2.24) is 15.1 Å². The number of ether oxygens (including phenoxy) is 2. The number of hydrogen-bond donors (Lipinski definition) is 4. The van der Waals surface area contributed by atoms with Crippen LogP contribution in [0.3, 0.4) is 0 Å². The summed E-state index contributed by atoms with van der Waals surface area (Å²) in [4.78, 5) is 54.0. The van der Waals surface area contributed by atoms with Crippen molar-refractivity contribution in [1.29, 1.82) is 0 Å². The van der Waals surface area contributed by atoms with Crippen LogP contribution in [0, 0.1) is 46.3 Å². The topological polar surface area (TPSA) is 171 Å². The summed E-state index contributed by atoms with van der Waals surface area (Å²) in [5, 5.41) is 31.8. The van der Waals surface area contributed by atoms with Crippen LogP contribution in [0.2, 0.25) is 0 Å². The zero-order chi connectivity index (χ0) is 50.3. The number of aromatic nitrogens is 2. The first-order valence-electron chi connectivity index (χ1n) is 27.8. The number of likely N-dealkylation sites (tertiary alicyclic amines) is 1. The highest BCUT2D eigenvalue weighted by Gasteiger charge is 2.60. The minimum Gasteiger partial charge on any atom is -0.504 e. The maximum Gasteiger partial charge on any atom is 0.224 e. The van der Waals surface area contributed by atoms with Crippen molar-refractivity contribution < 1.29 is 38.9 Å². The molecule has 11 rings (SSSR count). The van der Waals surface area contributed by atoms with E-state index < -0.39 is 0 Å². The van der Waals surface area contributed by atoms with E-state index in [1.165, 1.54) is 28.7 Å². The van der Waals surface area contributed by atoms with Gasteiger partial charge in [-0.25, -0.2) is 0 Å². The maximum absolute atomic E-state index is 13.3. The standard InChI is InChI=1S/C31H37N3O4.C29H41NO4/c1-3-38-27-16-24-18(13-26(27)35)8-10-23-22(24)11-12-31(2)28(36)14-19(30(23)31)5-4-6-29(37)33-21-9-7-20-17-32-34-25(20)15-21;1-3-34-25-18-23-19(16-24(25)31)10-11-22-21(23)12-13-29(2)26(32)17-20(28(22)29)8-7-9-27(33)30-14-5-4-6-15-30/h7,9,13,15-17,19,22-23,30,35H,3-6,8,10-12,14H2,1-2H3,(H,32,34)(H,33,37);16,18,20-22,28,31H,3-15,17H2,1-2H3/t19-,22?,23?,30?,31+;20-,21-,22+,28-,29+/m00/s1. The number of benzene rings is 3. The Morgan fingerprint density at radius 2 is 1.28 bits per heavy atom. The summed E-state index contributed by atoms with van der Waals surface area (Å²) in [7, 11) is 0. The molecule has 0 bridgehead atoms. The third-order valence-electron chi connectivity index (χ3n) is 19.3. The third-order valence-corrected chi connectivity index (χ3v) is 19.3. The minimum atomic E-state index is -0.259. The van der Waals surface area contributed by atoms with Gasteiger partial charge in [0.15, 0.2) is 23.0 Å². The highest BCUT2D eigenvalue weighted by molar-refractivity contribution is 5.93. The lowest BCUT2D eigenvalue weighted by molar-refractivity contribution is -0.132. The number of phenolic OH excluding ortho intramolecular Hbond substituents is 2. The Labute approximate surface area is 425 Å². The van der Waals surface area contributed by atoms with Crippen molar-refractivity contribution in [3.8, 4) is 23.0 Å². The lowest BCUT2D eigenvalue weighted by atomic mass is 9.54. The zero-order valence-electron chi connectivity index (χ0n) is 43.2. The number of fused-ring (bicyclic) bond motifs is 11. The molecule has 0 spiro atoms. The van der Waals surface area contributed by atoms with Gasteiger partial charge in [0.05, 0.1) is 24.9 Å². The molecule has 386 valence electrons. The van der Waals surface area contributed by atoms with Crippen LogP contribution in [0.4, 0.5) is 5.69 Å². The van der Waals surface area contributed by atoms with Crippen LogP contribution in [0.15, 0.2) is 48.7 Å². The summed E-state index contributed by atoms with van der Waals surface area (Å²) in [5.74, 6) is 6.04. The lowest BCUT2D eigenvalue weighted by Gasteiger charge is -2.50. The molecule has 12 nitrogen and oxygen atoms in total. The second kappa shape index (κ2) is 20.9. The fourth-order valence-corrected chi connectivity index (χ4v) is 15.9. The third kappa shape index (κ3) is 9.53. The number of rotatable bonds is 13. The molecular weight excluding hydrogens is 905 g/mol. The molecule has 3 unspecified atom stereocenters. The minimum absolute atomic E-state index is 0.00678. The molecule has 4 N–H and O–H groups in total. The summed E-state index contributed by atoms with van der Waals surface area (Å²) >= 11 is 0. The number of amides is 2. The number of piperidine rings is 1. The summed E-state index contributed by atoms with van der Waals surface area (Å²) in [6.45, 7) is 11.2. The van der Waals surface area contributed by atoms with Crippen molar-refractivity contribution >= 4 is 40.0 Å². The molecule has 4 saturated carbocycles. The monoisotopic (exact) mass is 983 g/mol. The largest absolute Gasteiger partial charge is 0.504 e. The molecule has 12 heteroatoms. The molecule has 72 heavy (non-hydrogen) atoms. The van der Waals surface area contributed by atoms with Crippen molar-refractivity contribution in [3.63, 3.8) is 0 Å². The van der Waals surface area contributed by atoms with Crippen LogP contribution in [-0.2, 0) is 32.0 Å². The first kappa shape index (κ1) is 50.2. The van der Waals surface area contributed by atoms with Gasteiger partial charge in [-0.15, -0.1) is 0 Å². The number of hydrogen-bond acceptors (Lipinski definition) is 9. The number of carbonyl (C=O) groups is 4. The van der Waals surface area contributed by atoms with Crippen LogP contribution in [0.25, 0.3) is 10.9 Å². The van der Waals surface area contributed by atoms with E-state index >= 15 is 0 Å². The molecule has 4 aromatic rings. The highest BCUT2D eigenvalue weighted by Crippen LogP contribution is 2.64. The van der Waals surface area contributed by atoms with Crippen molar-refractivity contribution in [2.75, 3.05) is 31.6 Å². The normalized spacial score (nSPS) is 30.2. The number of aryl methyl sites for hydroxylation is 2. The van der Waals surface area contributed by atoms with E-state index in [4.69, 9.17) is 9.47 Å². The summed E-state index contributed by atoms with van der Waals surface area (Å²) in [5.41, 5.74) is 6.31. The van der Waals surface area contributed by atoms with Gasteiger partial charge in [-0.3, -0.25) is 24.3 Å². The number of carbonyl (C=O) groups excluding carboxylic acids is 4. The molecule has 2 amide bonds. The molecule has 7 aliphatic rings. The van der Waals surface area contributed by atoms with Gasteiger partial charge in [-0.2, -0.15) is 5.10 Å². The van der Waals surface area contributed by atoms with E-state index in [0.29, 0.717) is 115 Å². The fraction of sp³-hybridized carbons (Fsp3) is 0.617. The van der Waals surface area contributed by atoms with Crippen molar-refractivity contribution in [2.24, 2.45) is 46.3 Å². The number of nitrogens with zero attached hydrogens (tertiary/aromatic N) is 2. The van der Waals surface area contributed by atoms with E-state index in [9.17, 15) is 29.4 Å². The molecule has 1 saturated heterocycles. The Morgan fingerprint density at radius 3 is 1.82 bits per heavy atom. The van der Waals surface area contributed by atoms with Crippen LogP contribution in [0.1, 0.15) is 171 Å². The Morgan fingerprint density at radius 1 is 0.736 bits per heavy atom. The van der Waals surface area contributed by atoms with Gasteiger partial charge >= 0.3 is 0 Å². The van der Waals surface area contributed by atoms with Crippen molar-refractivity contribution in [3.05, 3.63) is 70.9 Å². The van der Waals surface area contributed by atoms with Gasteiger partial charge in [-0.1, -0.05) is 13.8 Å². The number of Topliss-reactive ketones (excluding diaryl/α,β-unsaturated/α-hetero) is 2. The van der Waals surface area contributed by atoms with E-state index in [2.05, 4.69) is 41.5 Å². The van der Waals surface area contributed by atoms with Crippen LogP contribution in [-0.4, -0.2) is 75.0 Å². The molecule has 1 aromatic heterocycles. The van der Waals surface area contributed by atoms with E-state index in [-0.39, 0.29) is 28.2 Å². The first-order chi connectivity index (χ1) is 34.8. The van der Waals surface area contributed by atoms with Gasteiger partial charge in [0.1, 0.15) is 11.6 Å². The smallest absolute Gasteiger partial charge is 0.224 e. The molecule has 10 atom stereocenters. The quantitative estimate of drug-likeness (QED) is 0.102. The van der Waals surface area contributed by atoms with Crippen molar-refractivity contribution in [2.45, 2.75) is 162 Å². The Balaban J connectivity index is 0.000000167. The van der Waals surface area contributed by atoms with E-state index in [0.717, 1.165) is 120 Å². The summed E-state index contributed by atoms with van der Waals surface area (Å²) in [6, 6.07) is 13.7. The molecule has 6 aliphatic carbocycles. The molecule has 5 fully saturated rings. The number of ketones is 2. The lowest BCUT2D eigenvalue weighted by Crippen LogP contribution is -2.44. The number of phenols is 2. The van der Waals surface area contributed by atoms with E-state index in [1.807, 2.05) is 49.1 Å². The first-order valence-corrected chi connectivity index (χ1v) is 27.8. The SMILES string of the molecule is CCOc1cc2c(cc1O)CCC1C2CC[C@]2(C)C(=O)C[C@H](CCCC(=O)Nc3ccc4cn[nH]c4c3)C12.CCOc1cc2c(cc1O)CC[C@H]1[C@@H]3[C@@H](CCCC(=O)N4CCCCC4)CC(=O)[C@@]3(C)CC[C@H]21. The number of nitrogens with one attached hydrogen (secondary N) is 2. The van der Waals surface area contributed by atoms with Crippen LogP contribution < -0.4 is 14.8 Å². The maximum atomic E-state index is 13.3. The van der Waals surface area contributed by atoms with Gasteiger partial charge in [0.25, 0.3) is 0 Å². The zero-order valence-corrected chi connectivity index (χ0v) is 43.2. The van der Waals surface area contributed by atoms with Crippen LogP contribution in [0.5, 0.6) is 23.0 Å². The molecular formula is C60H78N4O8. The average molecular weight is 983 g/mol. The predicted molar refractivity (Wildman–Crippen MR) is 278 cm³/mol. The summed E-state index contributed by atoms with van der Waals surface area (Å²) in [6.07, 6.45) is 19.1. The van der Waals surface area contributed by atoms with E-state index in [1.54, 1.807) is 6.20 Å². The number of aromatic amines is 1. The number of H-pyrrole nitrogens is 1. The molecule has 1 aliphatic heterocycles. The highest BCUT2D eigenvalue weighted by atomic mass is 16.5. The Kier molecular flexibility index (Phi) is 14.5. The second-order valence-electron chi connectivity index (χ2n) is 23.2. The Bertz CT molecular complexity index is 2670. The van der Waals surface area contributed by atoms with Gasteiger partial charge in [-0.05, 0) is 222 Å². The molecule has 0 radical (unpaired) electrons. The average Bonchev–Trinajstić information content (AvgIpc) is 4.02. The molecule has 2 heterocycles. The van der Waals surface area contributed by atoms with Crippen LogP contribution >= 0.6 is 0 Å². The van der Waals surface area contributed by atoms with Gasteiger partial charge in [0.2, 0.25) is 11.8 Å². The van der Waals surface area contributed by atoms with Gasteiger partial charge in [0, 0.05) is 60.7 Å². The molecule has 3 aromatic carbocycles. The fourth-order valence-electron chi connectivity index (χ4n) is 15.9.